The quantitative estimate of drug-likeness (QED) is 0.509. The Labute approximate surface area is 114 Å². The fourth-order valence-electron chi connectivity index (χ4n) is 1.86. The molecule has 1 aromatic heterocycles. The van der Waals surface area contributed by atoms with E-state index < -0.39 is 5.97 Å². The lowest BCUT2D eigenvalue weighted by molar-refractivity contribution is -0.117. The Morgan fingerprint density at radius 3 is 2.94 bits per heavy atom. The molecule has 1 amide bonds. The highest BCUT2D eigenvalue weighted by Gasteiger charge is 2.33. The van der Waals surface area contributed by atoms with Crippen molar-refractivity contribution < 1.29 is 14.3 Å². The van der Waals surface area contributed by atoms with Crippen molar-refractivity contribution in [2.45, 2.75) is 11.7 Å². The number of rotatable bonds is 2. The SMILES string of the molecule is COC(=O)c1ccnc(Cl)c1N1CC(S)CC1=O. The van der Waals surface area contributed by atoms with Crippen LogP contribution in [-0.4, -0.2) is 35.8 Å². The van der Waals surface area contributed by atoms with Crippen molar-refractivity contribution in [1.29, 1.82) is 0 Å². The number of methoxy groups -OCH3 is 1. The molecule has 0 N–H and O–H groups in total. The Morgan fingerprint density at radius 1 is 1.67 bits per heavy atom. The van der Waals surface area contributed by atoms with Gasteiger partial charge in [-0.05, 0) is 6.07 Å². The van der Waals surface area contributed by atoms with E-state index in [-0.39, 0.29) is 21.9 Å². The van der Waals surface area contributed by atoms with Gasteiger partial charge in [-0.1, -0.05) is 11.6 Å². The third-order valence-electron chi connectivity index (χ3n) is 2.66. The molecule has 5 nitrogen and oxygen atoms in total. The standard InChI is InChI=1S/C11H11ClN2O3S/c1-17-11(16)7-2-3-13-10(12)9(7)14-5-6(18)4-8(14)15/h2-3,6,18H,4-5H2,1H3. The normalized spacial score (nSPS) is 19.2. The minimum atomic E-state index is -0.551. The zero-order chi connectivity index (χ0) is 13.3. The second-order valence-corrected chi connectivity index (χ2v) is 4.94. The molecule has 7 heteroatoms. The van der Waals surface area contributed by atoms with Gasteiger partial charge in [0.05, 0.1) is 18.4 Å². The van der Waals surface area contributed by atoms with Crippen molar-refractivity contribution in [3.05, 3.63) is 23.0 Å². The first-order chi connectivity index (χ1) is 8.54. The van der Waals surface area contributed by atoms with Gasteiger partial charge in [-0.2, -0.15) is 12.6 Å². The van der Waals surface area contributed by atoms with Crippen molar-refractivity contribution in [1.82, 2.24) is 4.98 Å². The highest BCUT2D eigenvalue weighted by molar-refractivity contribution is 7.81. The molecule has 2 rings (SSSR count). The summed E-state index contributed by atoms with van der Waals surface area (Å²) in [5.74, 6) is -0.681. The Morgan fingerprint density at radius 2 is 2.39 bits per heavy atom. The van der Waals surface area contributed by atoms with Gasteiger partial charge in [0.2, 0.25) is 5.91 Å². The van der Waals surface area contributed by atoms with Crippen LogP contribution in [0.2, 0.25) is 5.15 Å². The molecule has 1 aromatic rings. The molecule has 1 atom stereocenters. The van der Waals surface area contributed by atoms with E-state index in [0.29, 0.717) is 18.7 Å². The molecule has 2 heterocycles. The number of amides is 1. The van der Waals surface area contributed by atoms with Crippen molar-refractivity contribution >= 4 is 41.8 Å². The van der Waals surface area contributed by atoms with Gasteiger partial charge in [-0.15, -0.1) is 0 Å². The van der Waals surface area contributed by atoms with Crippen molar-refractivity contribution in [3.63, 3.8) is 0 Å². The van der Waals surface area contributed by atoms with Gasteiger partial charge in [-0.25, -0.2) is 9.78 Å². The number of hydrogen-bond acceptors (Lipinski definition) is 5. The largest absolute Gasteiger partial charge is 0.465 e. The van der Waals surface area contributed by atoms with Crippen LogP contribution < -0.4 is 4.90 Å². The van der Waals surface area contributed by atoms with Gasteiger partial charge < -0.3 is 9.64 Å². The molecule has 1 saturated heterocycles. The van der Waals surface area contributed by atoms with Crippen molar-refractivity contribution in [3.8, 4) is 0 Å². The topological polar surface area (TPSA) is 59.5 Å². The number of nitrogens with zero attached hydrogens (tertiary/aromatic N) is 2. The van der Waals surface area contributed by atoms with Crippen LogP contribution >= 0.6 is 24.2 Å². The smallest absolute Gasteiger partial charge is 0.340 e. The molecular formula is C11H11ClN2O3S. The molecule has 0 bridgehead atoms. The van der Waals surface area contributed by atoms with E-state index in [4.69, 9.17) is 11.6 Å². The van der Waals surface area contributed by atoms with Crippen LogP contribution in [0.1, 0.15) is 16.8 Å². The maximum absolute atomic E-state index is 11.8. The lowest BCUT2D eigenvalue weighted by atomic mass is 10.2. The van der Waals surface area contributed by atoms with E-state index in [0.717, 1.165) is 0 Å². The number of thiol groups is 1. The lowest BCUT2D eigenvalue weighted by Gasteiger charge is -2.19. The summed E-state index contributed by atoms with van der Waals surface area (Å²) >= 11 is 10.2. The fourth-order valence-corrected chi connectivity index (χ4v) is 2.44. The number of ether oxygens (including phenoxy) is 1. The highest BCUT2D eigenvalue weighted by atomic mass is 35.5. The van der Waals surface area contributed by atoms with Crippen molar-refractivity contribution in [2.24, 2.45) is 0 Å². The molecule has 1 aliphatic heterocycles. The summed E-state index contributed by atoms with van der Waals surface area (Å²) in [6, 6.07) is 1.48. The summed E-state index contributed by atoms with van der Waals surface area (Å²) in [5, 5.41) is 0.0351. The molecule has 0 spiro atoms. The van der Waals surface area contributed by atoms with E-state index in [1.807, 2.05) is 0 Å². The average molecular weight is 287 g/mol. The summed E-state index contributed by atoms with van der Waals surface area (Å²) in [5.41, 5.74) is 0.529. The Balaban J connectivity index is 2.49. The molecule has 1 unspecified atom stereocenters. The Kier molecular flexibility index (Phi) is 3.77. The fraction of sp³-hybridized carbons (Fsp3) is 0.364. The number of carbonyl (C=O) groups excluding carboxylic acids is 2. The van der Waals surface area contributed by atoms with E-state index in [2.05, 4.69) is 22.3 Å². The number of carbonyl (C=O) groups is 2. The molecule has 0 radical (unpaired) electrons. The summed E-state index contributed by atoms with van der Waals surface area (Å²) < 4.78 is 4.67. The van der Waals surface area contributed by atoms with E-state index in [9.17, 15) is 9.59 Å². The van der Waals surface area contributed by atoms with E-state index in [1.54, 1.807) is 0 Å². The number of halogens is 1. The number of esters is 1. The second-order valence-electron chi connectivity index (χ2n) is 3.85. The number of aromatic nitrogens is 1. The van der Waals surface area contributed by atoms with Crippen LogP contribution in [0, 0.1) is 0 Å². The molecule has 0 saturated carbocycles. The number of pyridine rings is 1. The van der Waals surface area contributed by atoms with Gasteiger partial charge in [0, 0.05) is 24.4 Å². The third kappa shape index (κ3) is 2.30. The molecule has 18 heavy (non-hydrogen) atoms. The molecule has 0 aliphatic carbocycles. The van der Waals surface area contributed by atoms with Gasteiger partial charge in [0.25, 0.3) is 0 Å². The summed E-state index contributed by atoms with van der Waals surface area (Å²) in [7, 11) is 1.27. The molecular weight excluding hydrogens is 276 g/mol. The van der Waals surface area contributed by atoms with Crippen LogP contribution in [0.3, 0.4) is 0 Å². The Bertz CT molecular complexity index is 509. The van der Waals surface area contributed by atoms with Crippen molar-refractivity contribution in [2.75, 3.05) is 18.6 Å². The van der Waals surface area contributed by atoms with Gasteiger partial charge >= 0.3 is 5.97 Å². The van der Waals surface area contributed by atoms with Gasteiger partial charge in [0.1, 0.15) is 0 Å². The predicted octanol–water partition coefficient (Wildman–Crippen LogP) is 1.56. The minimum absolute atomic E-state index is 0.0701. The molecule has 1 fully saturated rings. The maximum Gasteiger partial charge on any atom is 0.340 e. The molecule has 0 aromatic carbocycles. The summed E-state index contributed by atoms with van der Waals surface area (Å²) in [4.78, 5) is 28.8. The molecule has 1 aliphatic rings. The van der Waals surface area contributed by atoms with Gasteiger partial charge in [0.15, 0.2) is 5.15 Å². The Hall–Kier alpha value is -1.27. The van der Waals surface area contributed by atoms with Crippen LogP contribution in [0.15, 0.2) is 12.3 Å². The summed E-state index contributed by atoms with van der Waals surface area (Å²) in [6.07, 6.45) is 1.71. The first kappa shape index (κ1) is 13.2. The number of hydrogen-bond donors (Lipinski definition) is 1. The first-order valence-corrected chi connectivity index (χ1v) is 6.15. The summed E-state index contributed by atoms with van der Waals surface area (Å²) in [6.45, 7) is 0.400. The second kappa shape index (κ2) is 5.16. The van der Waals surface area contributed by atoms with E-state index in [1.165, 1.54) is 24.3 Å². The highest BCUT2D eigenvalue weighted by Crippen LogP contribution is 2.32. The predicted molar refractivity (Wildman–Crippen MR) is 70.3 cm³/mol. The van der Waals surface area contributed by atoms with E-state index >= 15 is 0 Å². The lowest BCUT2D eigenvalue weighted by Crippen LogP contribution is -2.27. The van der Waals surface area contributed by atoms with Crippen LogP contribution in [0.4, 0.5) is 5.69 Å². The maximum atomic E-state index is 11.8. The minimum Gasteiger partial charge on any atom is -0.465 e. The average Bonchev–Trinajstić information content (AvgIpc) is 2.67. The van der Waals surface area contributed by atoms with Crippen LogP contribution in [0.25, 0.3) is 0 Å². The zero-order valence-electron chi connectivity index (χ0n) is 9.59. The van der Waals surface area contributed by atoms with Gasteiger partial charge in [-0.3, -0.25) is 4.79 Å². The first-order valence-electron chi connectivity index (χ1n) is 5.26. The molecule has 96 valence electrons. The third-order valence-corrected chi connectivity index (χ3v) is 3.28. The van der Waals surface area contributed by atoms with Crippen LogP contribution in [-0.2, 0) is 9.53 Å². The number of anilines is 1. The monoisotopic (exact) mass is 286 g/mol. The van der Waals surface area contributed by atoms with Crippen LogP contribution in [0.5, 0.6) is 0 Å². The zero-order valence-corrected chi connectivity index (χ0v) is 11.2.